The largest absolute Gasteiger partial charge is 0.309 e. The van der Waals surface area contributed by atoms with E-state index >= 15 is 0 Å². The Bertz CT molecular complexity index is 395. The van der Waals surface area contributed by atoms with Gasteiger partial charge in [0.2, 0.25) is 0 Å². The first-order valence-corrected chi connectivity index (χ1v) is 12.0. The van der Waals surface area contributed by atoms with E-state index in [1.54, 1.807) is 0 Å². The van der Waals surface area contributed by atoms with Gasteiger partial charge in [-0.15, -0.1) is 0 Å². The van der Waals surface area contributed by atoms with E-state index in [1.165, 1.54) is 83.5 Å². The molecule has 2 N–H and O–H groups in total. The molecule has 0 aliphatic carbocycles. The molecule has 1 aliphatic rings. The zero-order chi connectivity index (χ0) is 20.3. The molecule has 27 heavy (non-hydrogen) atoms. The van der Waals surface area contributed by atoms with Crippen molar-refractivity contribution >= 4 is 5.71 Å². The van der Waals surface area contributed by atoms with Crippen LogP contribution in [-0.4, -0.2) is 16.8 Å². The van der Waals surface area contributed by atoms with Crippen molar-refractivity contribution in [3.05, 3.63) is 0 Å². The van der Waals surface area contributed by atoms with Gasteiger partial charge >= 0.3 is 0 Å². The van der Waals surface area contributed by atoms with Crippen LogP contribution in [-0.2, 0) is 0 Å². The second kappa shape index (κ2) is 12.2. The van der Waals surface area contributed by atoms with Crippen molar-refractivity contribution in [3.63, 3.8) is 0 Å². The van der Waals surface area contributed by atoms with E-state index in [1.807, 2.05) is 0 Å². The molecule has 0 saturated carbocycles. The number of rotatable bonds is 14. The fourth-order valence-electron chi connectivity index (χ4n) is 5.30. The number of nitrogens with one attached hydrogen (secondary N) is 2. The van der Waals surface area contributed by atoms with Gasteiger partial charge in [0.1, 0.15) is 0 Å². The highest BCUT2D eigenvalue weighted by molar-refractivity contribution is 5.83. The van der Waals surface area contributed by atoms with Crippen LogP contribution in [0.5, 0.6) is 0 Å². The summed E-state index contributed by atoms with van der Waals surface area (Å²) in [5.74, 6) is 1.14. The molecule has 0 aromatic carbocycles. The number of unbranched alkanes of at least 4 members (excludes halogenated alkanes) is 9. The van der Waals surface area contributed by atoms with E-state index in [-0.39, 0.29) is 11.1 Å². The van der Waals surface area contributed by atoms with Gasteiger partial charge in [0, 0.05) is 16.8 Å². The van der Waals surface area contributed by atoms with Crippen LogP contribution in [0.1, 0.15) is 131 Å². The summed E-state index contributed by atoms with van der Waals surface area (Å²) in [6.07, 6.45) is 18.6. The van der Waals surface area contributed by atoms with Crippen LogP contribution in [0.15, 0.2) is 0 Å². The molecule has 1 heterocycles. The molecule has 2 heteroatoms. The number of piperidine rings is 1. The minimum Gasteiger partial charge on any atom is -0.309 e. The lowest BCUT2D eigenvalue weighted by Crippen LogP contribution is -2.58. The maximum Gasteiger partial charge on any atom is 0.0132 e. The van der Waals surface area contributed by atoms with E-state index in [0.29, 0.717) is 11.8 Å². The molecule has 0 aromatic heterocycles. The fourth-order valence-corrected chi connectivity index (χ4v) is 5.30. The van der Waals surface area contributed by atoms with Crippen molar-refractivity contribution in [3.8, 4) is 0 Å². The van der Waals surface area contributed by atoms with Gasteiger partial charge in [0.15, 0.2) is 0 Å². The first kappa shape index (κ1) is 24.7. The number of hydrogen-bond donors (Lipinski definition) is 2. The zero-order valence-electron chi connectivity index (χ0n) is 19.6. The van der Waals surface area contributed by atoms with Crippen LogP contribution in [0.4, 0.5) is 0 Å². The predicted molar refractivity (Wildman–Crippen MR) is 122 cm³/mol. The monoisotopic (exact) mass is 378 g/mol. The van der Waals surface area contributed by atoms with Gasteiger partial charge in [-0.05, 0) is 65.2 Å². The first-order valence-electron chi connectivity index (χ1n) is 12.0. The summed E-state index contributed by atoms with van der Waals surface area (Å²) in [7, 11) is 0. The Morgan fingerprint density at radius 3 is 1.78 bits per heavy atom. The third-order valence-electron chi connectivity index (χ3n) is 6.37. The van der Waals surface area contributed by atoms with Crippen molar-refractivity contribution in [2.75, 3.05) is 0 Å². The molecule has 1 saturated heterocycles. The second-order valence-corrected chi connectivity index (χ2v) is 10.8. The Balaban J connectivity index is 2.13. The van der Waals surface area contributed by atoms with Crippen LogP contribution in [0.25, 0.3) is 0 Å². The van der Waals surface area contributed by atoms with Crippen molar-refractivity contribution in [2.45, 2.75) is 143 Å². The van der Waals surface area contributed by atoms with Crippen molar-refractivity contribution < 1.29 is 0 Å². The Morgan fingerprint density at radius 2 is 1.30 bits per heavy atom. The Morgan fingerprint density at radius 1 is 0.852 bits per heavy atom. The maximum absolute atomic E-state index is 8.60. The zero-order valence-corrected chi connectivity index (χ0v) is 19.6. The van der Waals surface area contributed by atoms with E-state index in [0.717, 1.165) is 12.1 Å². The summed E-state index contributed by atoms with van der Waals surface area (Å²) in [4.78, 5) is 0. The van der Waals surface area contributed by atoms with Crippen LogP contribution < -0.4 is 5.32 Å². The van der Waals surface area contributed by atoms with Crippen LogP contribution in [0.2, 0.25) is 0 Å². The highest BCUT2D eigenvalue weighted by Crippen LogP contribution is 2.35. The number of hydrogen-bond acceptors (Lipinski definition) is 2. The Hall–Kier alpha value is -0.370. The second-order valence-electron chi connectivity index (χ2n) is 10.8. The lowest BCUT2D eigenvalue weighted by atomic mass is 9.73. The molecule has 1 aliphatic heterocycles. The van der Waals surface area contributed by atoms with E-state index in [9.17, 15) is 0 Å². The Kier molecular flexibility index (Phi) is 11.2. The fraction of sp³-hybridized carbons (Fsp3) is 0.960. The normalized spacial score (nSPS) is 20.5. The minimum atomic E-state index is 0.201. The summed E-state index contributed by atoms with van der Waals surface area (Å²) in [6, 6.07) is 0. The highest BCUT2D eigenvalue weighted by atomic mass is 15.0. The Labute approximate surface area is 171 Å². The van der Waals surface area contributed by atoms with Gasteiger partial charge in [-0.3, -0.25) is 0 Å². The molecule has 2 nitrogen and oxygen atoms in total. The van der Waals surface area contributed by atoms with Gasteiger partial charge in [-0.1, -0.05) is 78.1 Å². The summed E-state index contributed by atoms with van der Waals surface area (Å²) >= 11 is 0. The molecule has 0 bridgehead atoms. The average Bonchev–Trinajstić information content (AvgIpc) is 2.53. The molecule has 1 fully saturated rings. The SMILES string of the molecule is CCCCCCCCCCCCC(C)C(=N)CC1CC(C)(C)NC(C)(C)C1. The van der Waals surface area contributed by atoms with Gasteiger partial charge in [0.05, 0.1) is 0 Å². The molecule has 0 aromatic rings. The maximum atomic E-state index is 8.60. The van der Waals surface area contributed by atoms with Gasteiger partial charge in [0.25, 0.3) is 0 Å². The molecule has 160 valence electrons. The first-order chi connectivity index (χ1) is 12.7. The topological polar surface area (TPSA) is 35.9 Å². The smallest absolute Gasteiger partial charge is 0.0132 e. The lowest BCUT2D eigenvalue weighted by Gasteiger charge is -2.46. The summed E-state index contributed by atoms with van der Waals surface area (Å²) in [6.45, 7) is 13.8. The molecular formula is C25H50N2. The van der Waals surface area contributed by atoms with Crippen LogP contribution in [0, 0.1) is 17.2 Å². The molecule has 0 spiro atoms. The standard InChI is InChI=1S/C25H50N2/c1-7-8-9-10-11-12-13-14-15-16-17-21(2)23(26)18-22-19-24(3,4)27-25(5,6)20-22/h21-22,26-27H,7-20H2,1-6H3. The van der Waals surface area contributed by atoms with Crippen molar-refractivity contribution in [1.82, 2.24) is 5.32 Å². The van der Waals surface area contributed by atoms with E-state index in [2.05, 4.69) is 46.9 Å². The third-order valence-corrected chi connectivity index (χ3v) is 6.37. The van der Waals surface area contributed by atoms with Crippen molar-refractivity contribution in [2.24, 2.45) is 11.8 Å². The van der Waals surface area contributed by atoms with E-state index < -0.39 is 0 Å². The van der Waals surface area contributed by atoms with Crippen LogP contribution in [0.3, 0.4) is 0 Å². The van der Waals surface area contributed by atoms with Gasteiger partial charge < -0.3 is 10.7 Å². The molecule has 1 rings (SSSR count). The summed E-state index contributed by atoms with van der Waals surface area (Å²) < 4.78 is 0. The average molecular weight is 379 g/mol. The summed E-state index contributed by atoms with van der Waals surface area (Å²) in [5.41, 5.74) is 1.41. The molecule has 1 unspecified atom stereocenters. The van der Waals surface area contributed by atoms with E-state index in [4.69, 9.17) is 5.41 Å². The molecule has 0 amide bonds. The predicted octanol–water partition coefficient (Wildman–Crippen LogP) is 7.90. The van der Waals surface area contributed by atoms with Gasteiger partial charge in [-0.2, -0.15) is 0 Å². The highest BCUT2D eigenvalue weighted by Gasteiger charge is 2.37. The quantitative estimate of drug-likeness (QED) is 0.234. The molecule has 1 atom stereocenters. The van der Waals surface area contributed by atoms with Gasteiger partial charge in [-0.25, -0.2) is 0 Å². The summed E-state index contributed by atoms with van der Waals surface area (Å²) in [5, 5.41) is 12.4. The minimum absolute atomic E-state index is 0.201. The molecular weight excluding hydrogens is 328 g/mol. The third kappa shape index (κ3) is 11.3. The molecule has 0 radical (unpaired) electrons. The van der Waals surface area contributed by atoms with Crippen molar-refractivity contribution in [1.29, 1.82) is 5.41 Å². The lowest BCUT2D eigenvalue weighted by molar-refractivity contribution is 0.131. The van der Waals surface area contributed by atoms with Crippen LogP contribution >= 0.6 is 0 Å².